The Balaban J connectivity index is 2.01. The van der Waals surface area contributed by atoms with Gasteiger partial charge in [-0.05, 0) is 43.3 Å². The number of ether oxygens (including phenoxy) is 3. The minimum Gasteiger partial charge on any atom is -0.496 e. The van der Waals surface area contributed by atoms with Crippen molar-refractivity contribution in [3.8, 4) is 17.2 Å². The van der Waals surface area contributed by atoms with E-state index in [1.807, 2.05) is 0 Å². The number of halogens is 1. The van der Waals surface area contributed by atoms with Crippen LogP contribution in [0, 0.1) is 0 Å². The summed E-state index contributed by atoms with van der Waals surface area (Å²) in [5, 5.41) is 6.32. The second-order valence-corrected chi connectivity index (χ2v) is 6.22. The topological polar surface area (TPSA) is 60.4 Å². The maximum absolute atomic E-state index is 12.9. The third kappa shape index (κ3) is 3.61. The van der Waals surface area contributed by atoms with Gasteiger partial charge in [-0.2, -0.15) is 10.1 Å². The van der Waals surface area contributed by atoms with E-state index in [2.05, 4.69) is 5.10 Å². The molecular formula is C20H19ClN2O4. The van der Waals surface area contributed by atoms with Crippen LogP contribution in [-0.2, 0) is 4.79 Å². The average Bonchev–Trinajstić information content (AvgIpc) is 2.96. The highest BCUT2D eigenvalue weighted by atomic mass is 35.5. The molecule has 0 atom stereocenters. The predicted molar refractivity (Wildman–Crippen MR) is 106 cm³/mol. The molecule has 0 unspecified atom stereocenters. The molecule has 2 aromatic carbocycles. The molecule has 0 spiro atoms. The van der Waals surface area contributed by atoms with Crippen molar-refractivity contribution in [2.45, 2.75) is 6.92 Å². The summed E-state index contributed by atoms with van der Waals surface area (Å²) < 4.78 is 16.1. The zero-order chi connectivity index (χ0) is 19.6. The molecule has 1 aliphatic rings. The standard InChI is InChI=1S/C20H19ClN2O4/c1-12-16(20(24)23(22-12)15-7-5-14(21)6-8-15)9-13-10-18(26-3)19(27-4)11-17(13)25-2/h5-11H,1-4H3/b16-9-. The molecule has 0 saturated carbocycles. The Morgan fingerprint density at radius 3 is 2.15 bits per heavy atom. The molecule has 2 aromatic rings. The fourth-order valence-electron chi connectivity index (χ4n) is 2.76. The molecule has 1 heterocycles. The summed E-state index contributed by atoms with van der Waals surface area (Å²) in [6, 6.07) is 10.4. The van der Waals surface area contributed by atoms with Gasteiger partial charge in [0.2, 0.25) is 0 Å². The largest absolute Gasteiger partial charge is 0.496 e. The molecule has 0 bridgehead atoms. The van der Waals surface area contributed by atoms with Crippen molar-refractivity contribution in [1.29, 1.82) is 0 Å². The van der Waals surface area contributed by atoms with Crippen LogP contribution in [0.5, 0.6) is 17.2 Å². The van der Waals surface area contributed by atoms with Gasteiger partial charge in [-0.25, -0.2) is 0 Å². The first-order valence-electron chi connectivity index (χ1n) is 8.15. The van der Waals surface area contributed by atoms with Crippen molar-refractivity contribution in [1.82, 2.24) is 0 Å². The number of methoxy groups -OCH3 is 3. The van der Waals surface area contributed by atoms with Gasteiger partial charge in [0.25, 0.3) is 5.91 Å². The maximum Gasteiger partial charge on any atom is 0.280 e. The van der Waals surface area contributed by atoms with Gasteiger partial charge in [-0.3, -0.25) is 4.79 Å². The van der Waals surface area contributed by atoms with Crippen molar-refractivity contribution in [2.24, 2.45) is 5.10 Å². The molecule has 140 valence electrons. The highest BCUT2D eigenvalue weighted by molar-refractivity contribution is 6.32. The molecule has 27 heavy (non-hydrogen) atoms. The number of hydrogen-bond acceptors (Lipinski definition) is 5. The van der Waals surface area contributed by atoms with Crippen LogP contribution in [0.1, 0.15) is 12.5 Å². The molecule has 0 fully saturated rings. The number of amides is 1. The lowest BCUT2D eigenvalue weighted by molar-refractivity contribution is -0.114. The Hall–Kier alpha value is -2.99. The zero-order valence-corrected chi connectivity index (χ0v) is 16.2. The van der Waals surface area contributed by atoms with Crippen LogP contribution in [-0.4, -0.2) is 32.9 Å². The SMILES string of the molecule is COc1cc(OC)c(OC)cc1/C=C1\C(=O)N(c2ccc(Cl)cc2)N=C1C. The molecular weight excluding hydrogens is 368 g/mol. The Bertz CT molecular complexity index is 936. The van der Waals surface area contributed by atoms with Crippen molar-refractivity contribution < 1.29 is 19.0 Å². The molecule has 0 aliphatic carbocycles. The Morgan fingerprint density at radius 2 is 1.56 bits per heavy atom. The lowest BCUT2D eigenvalue weighted by atomic mass is 10.1. The van der Waals surface area contributed by atoms with E-state index < -0.39 is 0 Å². The third-order valence-corrected chi connectivity index (χ3v) is 4.42. The quantitative estimate of drug-likeness (QED) is 0.723. The predicted octanol–water partition coefficient (Wildman–Crippen LogP) is 4.17. The van der Waals surface area contributed by atoms with Gasteiger partial charge < -0.3 is 14.2 Å². The minimum absolute atomic E-state index is 0.230. The minimum atomic E-state index is -0.230. The van der Waals surface area contributed by atoms with Gasteiger partial charge in [0.05, 0.1) is 38.3 Å². The van der Waals surface area contributed by atoms with Gasteiger partial charge >= 0.3 is 0 Å². The summed E-state index contributed by atoms with van der Waals surface area (Å²) in [5.41, 5.74) is 2.40. The van der Waals surface area contributed by atoms with E-state index in [1.165, 1.54) is 5.01 Å². The number of rotatable bonds is 5. The summed E-state index contributed by atoms with van der Waals surface area (Å²) in [7, 11) is 4.66. The number of hydrazone groups is 1. The number of nitrogens with zero attached hydrogens (tertiary/aromatic N) is 2. The van der Waals surface area contributed by atoms with Crippen LogP contribution < -0.4 is 19.2 Å². The number of anilines is 1. The summed E-state index contributed by atoms with van der Waals surface area (Å²) in [5.74, 6) is 1.42. The van der Waals surface area contributed by atoms with Crippen molar-refractivity contribution >= 4 is 35.0 Å². The molecule has 1 amide bonds. The molecule has 6 nitrogen and oxygen atoms in total. The fourth-order valence-corrected chi connectivity index (χ4v) is 2.89. The van der Waals surface area contributed by atoms with Gasteiger partial charge in [0.1, 0.15) is 5.75 Å². The summed E-state index contributed by atoms with van der Waals surface area (Å²) in [4.78, 5) is 12.9. The first-order valence-corrected chi connectivity index (χ1v) is 8.53. The van der Waals surface area contributed by atoms with Crippen LogP contribution in [0.4, 0.5) is 5.69 Å². The smallest absolute Gasteiger partial charge is 0.280 e. The van der Waals surface area contributed by atoms with E-state index in [4.69, 9.17) is 25.8 Å². The van der Waals surface area contributed by atoms with E-state index in [1.54, 1.807) is 70.7 Å². The third-order valence-electron chi connectivity index (χ3n) is 4.17. The molecule has 0 N–H and O–H groups in total. The van der Waals surface area contributed by atoms with Crippen LogP contribution in [0.3, 0.4) is 0 Å². The van der Waals surface area contributed by atoms with Crippen LogP contribution >= 0.6 is 11.6 Å². The second kappa shape index (κ2) is 7.72. The Labute approximate surface area is 162 Å². The summed E-state index contributed by atoms with van der Waals surface area (Å²) in [6.45, 7) is 1.78. The monoisotopic (exact) mass is 386 g/mol. The molecule has 3 rings (SSSR count). The number of carbonyl (C=O) groups excluding carboxylic acids is 1. The van der Waals surface area contributed by atoms with Gasteiger partial charge in [0, 0.05) is 16.7 Å². The first kappa shape index (κ1) is 18.8. The lowest BCUT2D eigenvalue weighted by Gasteiger charge is -2.13. The van der Waals surface area contributed by atoms with E-state index >= 15 is 0 Å². The molecule has 1 aliphatic heterocycles. The van der Waals surface area contributed by atoms with Gasteiger partial charge in [-0.15, -0.1) is 0 Å². The lowest BCUT2D eigenvalue weighted by Crippen LogP contribution is -2.21. The van der Waals surface area contributed by atoms with E-state index in [9.17, 15) is 4.79 Å². The van der Waals surface area contributed by atoms with E-state index in [-0.39, 0.29) is 5.91 Å². The maximum atomic E-state index is 12.9. The van der Waals surface area contributed by atoms with E-state index in [0.29, 0.717) is 44.8 Å². The molecule has 0 radical (unpaired) electrons. The van der Waals surface area contributed by atoms with Crippen LogP contribution in [0.15, 0.2) is 47.1 Å². The van der Waals surface area contributed by atoms with Gasteiger partial charge in [-0.1, -0.05) is 11.6 Å². The van der Waals surface area contributed by atoms with Crippen molar-refractivity contribution in [3.63, 3.8) is 0 Å². The average molecular weight is 387 g/mol. The normalized spacial score (nSPS) is 15.1. The number of benzene rings is 2. The first-order chi connectivity index (χ1) is 13.0. The highest BCUT2D eigenvalue weighted by Gasteiger charge is 2.29. The molecule has 0 aromatic heterocycles. The highest BCUT2D eigenvalue weighted by Crippen LogP contribution is 2.36. The van der Waals surface area contributed by atoms with Crippen molar-refractivity contribution in [3.05, 3.63) is 52.6 Å². The van der Waals surface area contributed by atoms with Crippen LogP contribution in [0.25, 0.3) is 6.08 Å². The summed E-state index contributed by atoms with van der Waals surface area (Å²) >= 11 is 5.92. The summed E-state index contributed by atoms with van der Waals surface area (Å²) in [6.07, 6.45) is 1.73. The Morgan fingerprint density at radius 1 is 0.963 bits per heavy atom. The molecule has 0 saturated heterocycles. The van der Waals surface area contributed by atoms with Gasteiger partial charge in [0.15, 0.2) is 11.5 Å². The van der Waals surface area contributed by atoms with E-state index in [0.717, 1.165) is 0 Å². The zero-order valence-electron chi connectivity index (χ0n) is 15.4. The number of hydrogen-bond donors (Lipinski definition) is 0. The van der Waals surface area contributed by atoms with Crippen LogP contribution in [0.2, 0.25) is 5.02 Å². The number of carbonyl (C=O) groups is 1. The molecule has 7 heteroatoms. The fraction of sp³-hybridized carbons (Fsp3) is 0.200. The Kier molecular flexibility index (Phi) is 5.37. The second-order valence-electron chi connectivity index (χ2n) is 5.79. The van der Waals surface area contributed by atoms with Crippen molar-refractivity contribution in [2.75, 3.05) is 26.3 Å².